The molecule has 0 aliphatic carbocycles. The van der Waals surface area contributed by atoms with E-state index in [9.17, 15) is 40.5 Å². The lowest BCUT2D eigenvalue weighted by Gasteiger charge is -2.31. The van der Waals surface area contributed by atoms with Gasteiger partial charge in [0.25, 0.3) is 22.7 Å². The average molecular weight is 815 g/mol. The number of non-ortho nitro benzene ring substituents is 4. The summed E-state index contributed by atoms with van der Waals surface area (Å²) in [7, 11) is 0. The molecule has 0 unspecified atom stereocenters. The summed E-state index contributed by atoms with van der Waals surface area (Å²) < 4.78 is 0. The van der Waals surface area contributed by atoms with Gasteiger partial charge in [-0.15, -0.1) is 0 Å². The number of H-pyrrole nitrogens is 4. The minimum absolute atomic E-state index is 0.327. The molecule has 0 radical (unpaired) electrons. The Labute approximate surface area is 343 Å². The van der Waals surface area contributed by atoms with Gasteiger partial charge in [0, 0.05) is 94.5 Å². The molecule has 0 saturated heterocycles. The first-order valence-corrected chi connectivity index (χ1v) is 18.4. The number of hydrogen-bond donors (Lipinski definition) is 4. The van der Waals surface area contributed by atoms with E-state index in [4.69, 9.17) is 10.5 Å². The second-order valence-electron chi connectivity index (χ2n) is 15.6. The average Bonchev–Trinajstić information content (AvgIpc) is 4.04. The topological polar surface area (TPSA) is 283 Å². The van der Waals surface area contributed by atoms with Crippen LogP contribution in [0.15, 0.2) is 84.9 Å². The summed E-state index contributed by atoms with van der Waals surface area (Å²) >= 11 is 0. The number of aromatic nitrogens is 4. The second-order valence-corrected chi connectivity index (χ2v) is 15.6. The fourth-order valence-electron chi connectivity index (χ4n) is 7.60. The van der Waals surface area contributed by atoms with Crippen LogP contribution in [0.2, 0.25) is 0 Å². The lowest BCUT2D eigenvalue weighted by atomic mass is 9.76. The molecule has 0 amide bonds. The van der Waals surface area contributed by atoms with Gasteiger partial charge < -0.3 is 19.9 Å². The third-order valence-corrected chi connectivity index (χ3v) is 11.4. The Morgan fingerprint density at radius 3 is 0.783 bits per heavy atom. The van der Waals surface area contributed by atoms with Gasteiger partial charge >= 0.3 is 0 Å². The van der Waals surface area contributed by atoms with Gasteiger partial charge in [-0.25, -0.2) is 0 Å². The first-order valence-electron chi connectivity index (χ1n) is 18.4. The van der Waals surface area contributed by atoms with Crippen molar-refractivity contribution in [2.75, 3.05) is 0 Å². The van der Waals surface area contributed by atoms with E-state index in [0.717, 1.165) is 34.9 Å². The van der Waals surface area contributed by atoms with Crippen molar-refractivity contribution in [2.45, 2.75) is 77.0 Å². The number of nitriles is 2. The Morgan fingerprint density at radius 2 is 0.600 bits per heavy atom. The van der Waals surface area contributed by atoms with Gasteiger partial charge in [0.2, 0.25) is 0 Å². The molecule has 18 heteroatoms. The van der Waals surface area contributed by atoms with Crippen LogP contribution in [-0.4, -0.2) is 39.6 Å². The highest BCUT2D eigenvalue weighted by molar-refractivity contribution is 5.58. The predicted octanol–water partition coefficient (Wildman–Crippen LogP) is 9.37. The molecule has 0 fully saturated rings. The van der Waals surface area contributed by atoms with Gasteiger partial charge in [0.05, 0.1) is 54.8 Å². The zero-order valence-corrected chi connectivity index (χ0v) is 34.0. The zero-order valence-electron chi connectivity index (χ0n) is 34.0. The molecule has 2 aromatic carbocycles. The van der Waals surface area contributed by atoms with Crippen molar-refractivity contribution in [1.29, 1.82) is 10.5 Å². The van der Waals surface area contributed by atoms with Crippen molar-refractivity contribution in [3.05, 3.63) is 182 Å². The van der Waals surface area contributed by atoms with Gasteiger partial charge in [-0.05, 0) is 101 Å². The summed E-state index contributed by atoms with van der Waals surface area (Å²) in [5, 5.41) is 62.7. The summed E-state index contributed by atoms with van der Waals surface area (Å²) in [5.74, 6) is 0. The Kier molecular flexibility index (Phi) is 11.4. The molecule has 18 nitrogen and oxygen atoms in total. The Balaban J connectivity index is 0.00000107. The van der Waals surface area contributed by atoms with Gasteiger partial charge in [-0.2, -0.15) is 10.5 Å². The molecule has 5 heterocycles. The van der Waals surface area contributed by atoms with Crippen LogP contribution in [0.1, 0.15) is 112 Å². The number of hydrogen-bond acceptors (Lipinski definition) is 10. The molecule has 0 atom stereocenters. The van der Waals surface area contributed by atoms with E-state index in [2.05, 4.69) is 19.9 Å². The number of nitrogens with zero attached hydrogens (tertiary/aromatic N) is 6. The zero-order chi connectivity index (χ0) is 44.5. The molecule has 0 saturated carbocycles. The number of fused-ring (bicyclic) bond motifs is 8. The fraction of sp³-hybridized carbons (Fsp3) is 0.286. The molecule has 60 heavy (non-hydrogen) atoms. The fourth-order valence-corrected chi connectivity index (χ4v) is 7.60. The van der Waals surface area contributed by atoms with Crippen LogP contribution in [0.25, 0.3) is 0 Å². The van der Waals surface area contributed by atoms with Crippen molar-refractivity contribution in [1.82, 2.24) is 19.9 Å². The van der Waals surface area contributed by atoms with Crippen LogP contribution in [0, 0.1) is 63.1 Å². The standard InChI is InChI=1S/C38H36N8O8.2C2H3N/c1-35(2)27-7-11-31(39-27)37(5,21-15-23(43(47)48)19-24(16-21)44(49)50)33-13-9-29(41-33)36(3,4)30-10-14-34(42-30)38(6,32-12-8-28(35)40-32)22-17-25(45(51)52)20-26(18-22)46(53)54;2*1-2-3/h7-20,39-42H,1-6H3;2*1H3. The molecule has 7 rings (SSSR count). The highest BCUT2D eigenvalue weighted by Gasteiger charge is 2.42. The van der Waals surface area contributed by atoms with Crippen molar-refractivity contribution in [3.8, 4) is 12.1 Å². The molecule has 1 aliphatic heterocycles. The van der Waals surface area contributed by atoms with E-state index >= 15 is 0 Å². The molecular formula is C42H42N10O8. The normalized spacial score (nSPS) is 18.2. The van der Waals surface area contributed by atoms with Crippen LogP contribution in [-0.2, 0) is 21.7 Å². The number of nitrogens with one attached hydrogen (secondary N) is 4. The van der Waals surface area contributed by atoms with Crippen molar-refractivity contribution in [2.24, 2.45) is 0 Å². The van der Waals surface area contributed by atoms with Crippen LogP contribution >= 0.6 is 0 Å². The van der Waals surface area contributed by atoms with Crippen molar-refractivity contribution < 1.29 is 19.7 Å². The van der Waals surface area contributed by atoms with Crippen LogP contribution < -0.4 is 0 Å². The summed E-state index contributed by atoms with van der Waals surface area (Å²) in [6.07, 6.45) is 0. The van der Waals surface area contributed by atoms with Gasteiger partial charge in [-0.3, -0.25) is 40.5 Å². The maximum atomic E-state index is 12.0. The molecule has 6 aromatic rings. The monoisotopic (exact) mass is 814 g/mol. The second kappa shape index (κ2) is 15.8. The van der Waals surface area contributed by atoms with Crippen LogP contribution in [0.5, 0.6) is 0 Å². The highest BCUT2D eigenvalue weighted by atomic mass is 16.6. The number of nitro groups is 4. The molecule has 0 spiro atoms. The lowest BCUT2D eigenvalue weighted by molar-refractivity contribution is -0.394. The minimum atomic E-state index is -1.17. The lowest BCUT2D eigenvalue weighted by Crippen LogP contribution is -2.30. The van der Waals surface area contributed by atoms with E-state index in [1.807, 2.05) is 90.1 Å². The number of rotatable bonds is 6. The highest BCUT2D eigenvalue weighted by Crippen LogP contribution is 2.46. The Bertz CT molecular complexity index is 2400. The summed E-state index contributed by atoms with van der Waals surface area (Å²) in [6, 6.07) is 25.8. The van der Waals surface area contributed by atoms with Crippen molar-refractivity contribution in [3.63, 3.8) is 0 Å². The number of aromatic amines is 4. The smallest absolute Gasteiger partial charge is 0.276 e. The maximum Gasteiger partial charge on any atom is 0.276 e. The Morgan fingerprint density at radius 1 is 0.417 bits per heavy atom. The van der Waals surface area contributed by atoms with Gasteiger partial charge in [0.15, 0.2) is 0 Å². The van der Waals surface area contributed by atoms with E-state index in [0.29, 0.717) is 33.9 Å². The van der Waals surface area contributed by atoms with Crippen LogP contribution in [0.3, 0.4) is 0 Å². The van der Waals surface area contributed by atoms with Crippen LogP contribution in [0.4, 0.5) is 22.7 Å². The SMILES string of the molecule is CC#N.CC#N.CC1(C)c2ccc([nH]2)C(C)(c2cc([N+](=O)[O-])cc([N+](=O)[O-])c2)c2ccc([nH]2)C(C)(C)c2ccc([nH]2)C(C)(c2cc([N+](=O)[O-])cc([N+](=O)[O-])c2)c2ccc1[nH]2. The maximum absolute atomic E-state index is 12.0. The third kappa shape index (κ3) is 7.37. The summed E-state index contributed by atoms with van der Waals surface area (Å²) in [5.41, 5.74) is 0.569. The van der Waals surface area contributed by atoms with E-state index < -0.39 is 64.1 Å². The third-order valence-electron chi connectivity index (χ3n) is 11.4. The molecule has 8 bridgehead atoms. The van der Waals surface area contributed by atoms with Gasteiger partial charge in [-0.1, -0.05) is 0 Å². The van der Waals surface area contributed by atoms with Crippen molar-refractivity contribution >= 4 is 22.7 Å². The largest absolute Gasteiger partial charge is 0.360 e. The molecule has 4 N–H and O–H groups in total. The summed E-state index contributed by atoms with van der Waals surface area (Å²) in [4.78, 5) is 59.7. The molecule has 308 valence electrons. The minimum Gasteiger partial charge on any atom is -0.360 e. The summed E-state index contributed by atoms with van der Waals surface area (Å²) in [6.45, 7) is 14.5. The Hall–Kier alpha value is -7.86. The first kappa shape index (κ1) is 43.3. The van der Waals surface area contributed by atoms with E-state index in [1.165, 1.54) is 38.1 Å². The van der Waals surface area contributed by atoms with Gasteiger partial charge in [0.1, 0.15) is 0 Å². The molecular weight excluding hydrogens is 773 g/mol. The quantitative estimate of drug-likeness (QED) is 0.0912. The number of nitro benzene ring substituents is 4. The van der Waals surface area contributed by atoms with E-state index in [1.54, 1.807) is 12.1 Å². The first-order chi connectivity index (χ1) is 28.1. The molecule has 1 aliphatic rings. The molecule has 4 aromatic heterocycles. The number of benzene rings is 2. The van der Waals surface area contributed by atoms with E-state index in [-0.39, 0.29) is 0 Å². The predicted molar refractivity (Wildman–Crippen MR) is 221 cm³/mol.